The summed E-state index contributed by atoms with van der Waals surface area (Å²) >= 11 is 0. The van der Waals surface area contributed by atoms with Crippen molar-refractivity contribution < 1.29 is 18.0 Å². The molecule has 0 radical (unpaired) electrons. The second-order valence-corrected chi connectivity index (χ2v) is 10.6. The molecule has 1 aliphatic heterocycles. The van der Waals surface area contributed by atoms with E-state index in [1.165, 1.54) is 16.4 Å². The van der Waals surface area contributed by atoms with Crippen molar-refractivity contribution in [2.45, 2.75) is 43.5 Å². The number of hydrogen-bond donors (Lipinski definition) is 2. The molecule has 1 saturated heterocycles. The maximum atomic E-state index is 13.2. The van der Waals surface area contributed by atoms with Crippen molar-refractivity contribution in [1.29, 1.82) is 0 Å². The van der Waals surface area contributed by atoms with Crippen molar-refractivity contribution in [3.8, 4) is 0 Å². The lowest BCUT2D eigenvalue weighted by molar-refractivity contribution is -0.118. The van der Waals surface area contributed by atoms with Gasteiger partial charge in [-0.2, -0.15) is 4.31 Å². The Labute approximate surface area is 195 Å². The number of hydrogen-bond acceptors (Lipinski definition) is 4. The molecule has 0 unspecified atom stereocenters. The third kappa shape index (κ3) is 6.09. The summed E-state index contributed by atoms with van der Waals surface area (Å²) in [6.45, 7) is 8.21. The van der Waals surface area contributed by atoms with Crippen LogP contribution in [0, 0.1) is 6.92 Å². The first kappa shape index (κ1) is 24.7. The van der Waals surface area contributed by atoms with Gasteiger partial charge in [0.05, 0.1) is 4.90 Å². The third-order valence-electron chi connectivity index (χ3n) is 6.06. The molecule has 0 spiro atoms. The molecule has 8 heteroatoms. The van der Waals surface area contributed by atoms with Crippen LogP contribution < -0.4 is 10.6 Å². The van der Waals surface area contributed by atoms with Gasteiger partial charge in [0.15, 0.2) is 0 Å². The Morgan fingerprint density at radius 3 is 2.39 bits per heavy atom. The molecule has 0 aromatic heterocycles. The van der Waals surface area contributed by atoms with E-state index in [1.54, 1.807) is 19.1 Å². The summed E-state index contributed by atoms with van der Waals surface area (Å²) in [5.74, 6) is -0.485. The minimum absolute atomic E-state index is 0.166. The first-order chi connectivity index (χ1) is 15.6. The molecule has 2 aromatic carbocycles. The number of carbonyl (C=O) groups is 2. The van der Waals surface area contributed by atoms with Gasteiger partial charge in [-0.05, 0) is 68.5 Å². The quantitative estimate of drug-likeness (QED) is 0.581. The van der Waals surface area contributed by atoms with E-state index in [2.05, 4.69) is 17.2 Å². The van der Waals surface area contributed by atoms with Crippen LogP contribution in [0.3, 0.4) is 0 Å². The summed E-state index contributed by atoms with van der Waals surface area (Å²) < 4.78 is 27.8. The molecule has 3 rings (SSSR count). The number of carbonyl (C=O) groups excluding carboxylic acids is 2. The van der Waals surface area contributed by atoms with Crippen molar-refractivity contribution >= 4 is 21.8 Å². The van der Waals surface area contributed by atoms with Crippen molar-refractivity contribution in [2.75, 3.05) is 19.6 Å². The molecule has 1 aliphatic rings. The molecule has 2 amide bonds. The van der Waals surface area contributed by atoms with Gasteiger partial charge in [0.2, 0.25) is 15.9 Å². The molecule has 0 bridgehead atoms. The van der Waals surface area contributed by atoms with E-state index < -0.39 is 15.6 Å². The molecule has 0 saturated carbocycles. The number of sulfonamides is 1. The number of piperidine rings is 1. The summed E-state index contributed by atoms with van der Waals surface area (Å²) in [6.07, 6.45) is 2.95. The minimum Gasteiger partial charge on any atom is -0.352 e. The summed E-state index contributed by atoms with van der Waals surface area (Å²) in [4.78, 5) is 24.4. The zero-order valence-corrected chi connectivity index (χ0v) is 20.0. The van der Waals surface area contributed by atoms with Crippen LogP contribution in [0.4, 0.5) is 0 Å². The molecular formula is C25H31N3O4S. The van der Waals surface area contributed by atoms with Gasteiger partial charge in [-0.15, -0.1) is 0 Å². The second-order valence-electron chi connectivity index (χ2n) is 8.63. The number of amides is 2. The van der Waals surface area contributed by atoms with E-state index in [0.717, 1.165) is 12.0 Å². The zero-order chi connectivity index (χ0) is 24.1. The maximum absolute atomic E-state index is 13.2. The average Bonchev–Trinajstić information content (AvgIpc) is 2.79. The lowest BCUT2D eigenvalue weighted by Gasteiger charge is -2.39. The summed E-state index contributed by atoms with van der Waals surface area (Å²) in [6, 6.07) is 14.5. The Morgan fingerprint density at radius 2 is 1.79 bits per heavy atom. The Hall–Kier alpha value is -2.97. The molecule has 2 aromatic rings. The highest BCUT2D eigenvalue weighted by Gasteiger charge is 2.36. The number of benzene rings is 2. The molecule has 1 fully saturated rings. The van der Waals surface area contributed by atoms with Crippen LogP contribution in [0.15, 0.2) is 66.1 Å². The fourth-order valence-corrected chi connectivity index (χ4v) is 5.48. The first-order valence-electron chi connectivity index (χ1n) is 11.0. The van der Waals surface area contributed by atoms with Crippen molar-refractivity contribution in [2.24, 2.45) is 0 Å². The van der Waals surface area contributed by atoms with Crippen LogP contribution >= 0.6 is 0 Å². The van der Waals surface area contributed by atoms with Gasteiger partial charge in [0.1, 0.15) is 0 Å². The van der Waals surface area contributed by atoms with Crippen LogP contribution in [0.25, 0.3) is 0 Å². The average molecular weight is 470 g/mol. The highest BCUT2D eigenvalue weighted by atomic mass is 32.2. The van der Waals surface area contributed by atoms with Crippen molar-refractivity contribution in [3.05, 3.63) is 77.9 Å². The predicted molar refractivity (Wildman–Crippen MR) is 128 cm³/mol. The fraction of sp³-hybridized carbons (Fsp3) is 0.360. The number of aryl methyl sites for hydroxylation is 1. The van der Waals surface area contributed by atoms with Gasteiger partial charge in [-0.1, -0.05) is 36.9 Å². The molecule has 2 N–H and O–H groups in total. The Balaban J connectivity index is 1.63. The molecule has 1 heterocycles. The highest BCUT2D eigenvalue weighted by Crippen LogP contribution is 2.27. The lowest BCUT2D eigenvalue weighted by atomic mass is 9.90. The smallest absolute Gasteiger partial charge is 0.251 e. The largest absolute Gasteiger partial charge is 0.352 e. The summed E-state index contributed by atoms with van der Waals surface area (Å²) in [7, 11) is -3.70. The maximum Gasteiger partial charge on any atom is 0.251 e. The van der Waals surface area contributed by atoms with Gasteiger partial charge in [-0.25, -0.2) is 8.42 Å². The predicted octanol–water partition coefficient (Wildman–Crippen LogP) is 2.81. The fourth-order valence-electron chi connectivity index (χ4n) is 3.95. The Bertz CT molecular complexity index is 1120. The lowest BCUT2D eigenvalue weighted by Crippen LogP contribution is -2.53. The first-order valence-corrected chi connectivity index (χ1v) is 12.5. The SMILES string of the molecule is C=CC(=O)NC1(C)CCN(S(=O)(=O)c2ccc(C(=O)NCCc3ccccc3)c(C)c2)CC1. The van der Waals surface area contributed by atoms with E-state index in [9.17, 15) is 18.0 Å². The van der Waals surface area contributed by atoms with Gasteiger partial charge in [0, 0.05) is 30.7 Å². The Morgan fingerprint density at radius 1 is 1.12 bits per heavy atom. The van der Waals surface area contributed by atoms with Gasteiger partial charge in [-0.3, -0.25) is 9.59 Å². The third-order valence-corrected chi connectivity index (χ3v) is 7.95. The number of nitrogens with one attached hydrogen (secondary N) is 2. The molecule has 33 heavy (non-hydrogen) atoms. The second kappa shape index (κ2) is 10.3. The molecule has 0 aliphatic carbocycles. The number of rotatable bonds is 8. The van der Waals surface area contributed by atoms with E-state index in [1.807, 2.05) is 37.3 Å². The monoisotopic (exact) mass is 469 g/mol. The summed E-state index contributed by atoms with van der Waals surface area (Å²) in [5, 5.41) is 5.79. The highest BCUT2D eigenvalue weighted by molar-refractivity contribution is 7.89. The minimum atomic E-state index is -3.70. The molecule has 0 atom stereocenters. The van der Waals surface area contributed by atoms with Gasteiger partial charge in [0.25, 0.3) is 5.91 Å². The topological polar surface area (TPSA) is 95.6 Å². The molecular weight excluding hydrogens is 438 g/mol. The van der Waals surface area contributed by atoms with Crippen LogP contribution in [-0.4, -0.2) is 49.7 Å². The van der Waals surface area contributed by atoms with E-state index in [0.29, 0.717) is 43.6 Å². The van der Waals surface area contributed by atoms with Crippen LogP contribution in [0.1, 0.15) is 41.3 Å². The zero-order valence-electron chi connectivity index (χ0n) is 19.1. The van der Waals surface area contributed by atoms with Crippen molar-refractivity contribution in [3.63, 3.8) is 0 Å². The van der Waals surface area contributed by atoms with Gasteiger partial charge < -0.3 is 10.6 Å². The van der Waals surface area contributed by atoms with Crippen LogP contribution in [0.2, 0.25) is 0 Å². The Kier molecular flexibility index (Phi) is 7.71. The van der Waals surface area contributed by atoms with Gasteiger partial charge >= 0.3 is 0 Å². The summed E-state index contributed by atoms with van der Waals surface area (Å²) in [5.41, 5.74) is 1.74. The van der Waals surface area contributed by atoms with E-state index >= 15 is 0 Å². The van der Waals surface area contributed by atoms with Crippen LogP contribution in [0.5, 0.6) is 0 Å². The van der Waals surface area contributed by atoms with E-state index in [4.69, 9.17) is 0 Å². The van der Waals surface area contributed by atoms with Crippen molar-refractivity contribution in [1.82, 2.24) is 14.9 Å². The molecule has 176 valence electrons. The van der Waals surface area contributed by atoms with Crippen LogP contribution in [-0.2, 0) is 21.2 Å². The van der Waals surface area contributed by atoms with E-state index in [-0.39, 0.29) is 16.7 Å². The standard InChI is InChI=1S/C25H31N3O4S/c1-4-23(29)27-25(3)13-16-28(17-14-25)33(31,32)21-10-11-22(19(2)18-21)24(30)26-15-12-20-8-6-5-7-9-20/h4-11,18H,1,12-17H2,2-3H3,(H,26,30)(H,27,29). The normalized spacial score (nSPS) is 16.1. The molecule has 7 nitrogen and oxygen atoms in total. The number of nitrogens with zero attached hydrogens (tertiary/aromatic N) is 1.